The molecule has 4 saturated carbocycles. The summed E-state index contributed by atoms with van der Waals surface area (Å²) in [5.41, 5.74) is 6.58. The fourth-order valence-corrected chi connectivity index (χ4v) is 7.15. The SMILES string of the molecule is C[C@]12CCC(=NOCCN)CC1[C@H](O)CC1C2CC[C@]2(C)C(=O)CCC12. The lowest BCUT2D eigenvalue weighted by atomic mass is 9.44. The number of rotatable bonds is 3. The van der Waals surface area contributed by atoms with Gasteiger partial charge < -0.3 is 15.7 Å². The molecule has 0 aliphatic heterocycles. The Morgan fingerprint density at radius 2 is 2.00 bits per heavy atom. The van der Waals surface area contributed by atoms with Crippen molar-refractivity contribution in [2.75, 3.05) is 13.2 Å². The highest BCUT2D eigenvalue weighted by molar-refractivity contribution is 5.87. The molecule has 0 aromatic heterocycles. The zero-order valence-corrected chi connectivity index (χ0v) is 16.2. The third-order valence-corrected chi connectivity index (χ3v) is 8.63. The molecule has 0 spiro atoms. The number of hydrogen-bond acceptors (Lipinski definition) is 5. The van der Waals surface area contributed by atoms with Gasteiger partial charge in [0.15, 0.2) is 0 Å². The minimum absolute atomic E-state index is 0.124. The Morgan fingerprint density at radius 1 is 1.19 bits per heavy atom. The molecule has 0 bridgehead atoms. The average molecular weight is 363 g/mol. The van der Waals surface area contributed by atoms with Gasteiger partial charge in [0.1, 0.15) is 12.4 Å². The topological polar surface area (TPSA) is 84.9 Å². The van der Waals surface area contributed by atoms with Crippen molar-refractivity contribution in [3.8, 4) is 0 Å². The van der Waals surface area contributed by atoms with Crippen molar-refractivity contribution in [1.82, 2.24) is 0 Å². The Bertz CT molecular complexity index is 606. The molecule has 0 radical (unpaired) electrons. The first-order valence-electron chi connectivity index (χ1n) is 10.5. The van der Waals surface area contributed by atoms with Gasteiger partial charge in [0, 0.05) is 18.4 Å². The van der Waals surface area contributed by atoms with Gasteiger partial charge in [-0.25, -0.2) is 0 Å². The highest BCUT2D eigenvalue weighted by Crippen LogP contribution is 2.65. The summed E-state index contributed by atoms with van der Waals surface area (Å²) < 4.78 is 0. The van der Waals surface area contributed by atoms with Gasteiger partial charge in [0.05, 0.1) is 11.8 Å². The molecule has 0 aromatic carbocycles. The number of oxime groups is 1. The average Bonchev–Trinajstić information content (AvgIpc) is 2.92. The summed E-state index contributed by atoms with van der Waals surface area (Å²) >= 11 is 0. The molecule has 0 aromatic rings. The highest BCUT2D eigenvalue weighted by Gasteiger charge is 2.61. The van der Waals surface area contributed by atoms with Crippen LogP contribution in [0.1, 0.15) is 65.2 Å². The molecule has 4 rings (SSSR count). The summed E-state index contributed by atoms with van der Waals surface area (Å²) in [4.78, 5) is 17.8. The maximum Gasteiger partial charge on any atom is 0.139 e. The Hall–Kier alpha value is -0.940. The summed E-state index contributed by atoms with van der Waals surface area (Å²) in [5.74, 6) is 2.34. The monoisotopic (exact) mass is 362 g/mol. The number of aliphatic hydroxyl groups excluding tert-OH is 1. The molecule has 4 aliphatic carbocycles. The number of ketones is 1. The van der Waals surface area contributed by atoms with Gasteiger partial charge in [-0.15, -0.1) is 0 Å². The number of nitrogens with zero attached hydrogens (tertiary/aromatic N) is 1. The standard InChI is InChI=1S/C21H34N2O3/c1-20-7-5-13(23-26-10-9-22)11-17(20)18(24)12-14-15-3-4-19(25)21(15,2)8-6-16(14)20/h14-18,24H,3-12,22H2,1-2H3/t14?,15?,16?,17?,18-,20-,21+/m1/s1. The molecule has 3 N–H and O–H groups in total. The smallest absolute Gasteiger partial charge is 0.139 e. The number of carbonyl (C=O) groups excluding carboxylic acids is 1. The van der Waals surface area contributed by atoms with Gasteiger partial charge in [-0.05, 0) is 74.0 Å². The number of hydrogen-bond donors (Lipinski definition) is 2. The van der Waals surface area contributed by atoms with E-state index in [0.29, 0.717) is 36.7 Å². The van der Waals surface area contributed by atoms with Crippen LogP contribution in [0.3, 0.4) is 0 Å². The number of aliphatic hydroxyl groups is 1. The van der Waals surface area contributed by atoms with Crippen LogP contribution in [0.4, 0.5) is 0 Å². The van der Waals surface area contributed by atoms with Crippen molar-refractivity contribution in [3.63, 3.8) is 0 Å². The Labute approximate surface area is 156 Å². The Kier molecular flexibility index (Phi) is 4.67. The summed E-state index contributed by atoms with van der Waals surface area (Å²) in [5, 5.41) is 15.4. The van der Waals surface area contributed by atoms with E-state index in [4.69, 9.17) is 10.6 Å². The maximum absolute atomic E-state index is 12.5. The first kappa shape index (κ1) is 18.4. The first-order chi connectivity index (χ1) is 12.4. The normalized spacial score (nSPS) is 49.5. The predicted octanol–water partition coefficient (Wildman–Crippen LogP) is 2.90. The van der Waals surface area contributed by atoms with Gasteiger partial charge in [0.2, 0.25) is 0 Å². The summed E-state index contributed by atoms with van der Waals surface area (Å²) in [6, 6.07) is 0. The Morgan fingerprint density at radius 3 is 2.77 bits per heavy atom. The van der Waals surface area contributed by atoms with Crippen molar-refractivity contribution in [2.45, 2.75) is 71.3 Å². The van der Waals surface area contributed by atoms with E-state index in [1.54, 1.807) is 0 Å². The fourth-order valence-electron chi connectivity index (χ4n) is 7.15. The largest absolute Gasteiger partial charge is 0.395 e. The van der Waals surface area contributed by atoms with Crippen LogP contribution < -0.4 is 5.73 Å². The molecule has 4 aliphatic rings. The second kappa shape index (κ2) is 6.59. The molecule has 5 nitrogen and oxygen atoms in total. The zero-order valence-electron chi connectivity index (χ0n) is 16.2. The number of Topliss-reactive ketones (excluding diaryl/α,β-unsaturated/α-hetero) is 1. The van der Waals surface area contributed by atoms with Gasteiger partial charge in [0.25, 0.3) is 0 Å². The van der Waals surface area contributed by atoms with Crippen molar-refractivity contribution >= 4 is 11.5 Å². The minimum Gasteiger partial charge on any atom is -0.395 e. The van der Waals surface area contributed by atoms with E-state index in [9.17, 15) is 9.90 Å². The molecule has 4 fully saturated rings. The lowest BCUT2D eigenvalue weighted by molar-refractivity contribution is -0.153. The van der Waals surface area contributed by atoms with E-state index in [0.717, 1.165) is 57.1 Å². The number of nitrogens with two attached hydrogens (primary N) is 1. The van der Waals surface area contributed by atoms with Crippen LogP contribution in [0.15, 0.2) is 5.16 Å². The van der Waals surface area contributed by atoms with Crippen LogP contribution >= 0.6 is 0 Å². The number of fused-ring (bicyclic) bond motifs is 5. The zero-order chi connectivity index (χ0) is 18.5. The maximum atomic E-state index is 12.5. The van der Waals surface area contributed by atoms with Crippen molar-refractivity contribution in [3.05, 3.63) is 0 Å². The molecule has 0 amide bonds. The molecule has 5 heteroatoms. The van der Waals surface area contributed by atoms with Gasteiger partial charge >= 0.3 is 0 Å². The van der Waals surface area contributed by atoms with Crippen molar-refractivity contribution < 1.29 is 14.7 Å². The minimum atomic E-state index is -0.292. The third-order valence-electron chi connectivity index (χ3n) is 8.63. The molecule has 146 valence electrons. The van der Waals surface area contributed by atoms with E-state index in [2.05, 4.69) is 19.0 Å². The van der Waals surface area contributed by atoms with Gasteiger partial charge in [-0.3, -0.25) is 4.79 Å². The van der Waals surface area contributed by atoms with Crippen LogP contribution in [-0.2, 0) is 9.63 Å². The molecular formula is C21H34N2O3. The quantitative estimate of drug-likeness (QED) is 0.597. The van der Waals surface area contributed by atoms with Crippen molar-refractivity contribution in [2.24, 2.45) is 45.4 Å². The second-order valence-electron chi connectivity index (χ2n) is 9.69. The van der Waals surface area contributed by atoms with Crippen LogP contribution in [0.25, 0.3) is 0 Å². The van der Waals surface area contributed by atoms with Gasteiger partial charge in [-0.1, -0.05) is 19.0 Å². The number of carbonyl (C=O) groups is 1. The highest BCUT2D eigenvalue weighted by atomic mass is 16.6. The van der Waals surface area contributed by atoms with Crippen molar-refractivity contribution in [1.29, 1.82) is 0 Å². The lowest BCUT2D eigenvalue weighted by Crippen LogP contribution is -2.57. The van der Waals surface area contributed by atoms with E-state index >= 15 is 0 Å². The molecular weight excluding hydrogens is 328 g/mol. The Balaban J connectivity index is 1.56. The molecule has 0 heterocycles. The lowest BCUT2D eigenvalue weighted by Gasteiger charge is -2.60. The molecule has 4 unspecified atom stereocenters. The first-order valence-corrected chi connectivity index (χ1v) is 10.5. The van der Waals surface area contributed by atoms with Crippen LogP contribution in [0.2, 0.25) is 0 Å². The van der Waals surface area contributed by atoms with E-state index in [-0.39, 0.29) is 22.9 Å². The third kappa shape index (κ3) is 2.65. The van der Waals surface area contributed by atoms with Crippen LogP contribution in [0, 0.1) is 34.5 Å². The van der Waals surface area contributed by atoms with Crippen LogP contribution in [-0.4, -0.2) is 35.9 Å². The fraction of sp³-hybridized carbons (Fsp3) is 0.905. The summed E-state index contributed by atoms with van der Waals surface area (Å²) in [6.07, 6.45) is 7.38. The van der Waals surface area contributed by atoms with E-state index in [1.807, 2.05) is 0 Å². The van der Waals surface area contributed by atoms with Crippen LogP contribution in [0.5, 0.6) is 0 Å². The molecule has 0 saturated heterocycles. The summed E-state index contributed by atoms with van der Waals surface area (Å²) in [6.45, 7) is 5.52. The second-order valence-corrected chi connectivity index (χ2v) is 9.69. The molecule has 26 heavy (non-hydrogen) atoms. The summed E-state index contributed by atoms with van der Waals surface area (Å²) in [7, 11) is 0. The predicted molar refractivity (Wildman–Crippen MR) is 101 cm³/mol. The van der Waals surface area contributed by atoms with E-state index in [1.165, 1.54) is 0 Å². The molecule has 7 atom stereocenters. The van der Waals surface area contributed by atoms with E-state index < -0.39 is 0 Å². The van der Waals surface area contributed by atoms with Gasteiger partial charge in [-0.2, -0.15) is 0 Å².